The minimum absolute atomic E-state index is 0.140. The molecule has 1 atom stereocenters. The van der Waals surface area contributed by atoms with E-state index >= 15 is 0 Å². The maximum atomic E-state index is 12.6. The van der Waals surface area contributed by atoms with Gasteiger partial charge in [-0.25, -0.2) is 9.97 Å². The Kier molecular flexibility index (Phi) is 5.91. The average molecular weight is 523 g/mol. The van der Waals surface area contributed by atoms with E-state index in [-0.39, 0.29) is 11.7 Å². The molecule has 6 rings (SSSR count). The van der Waals surface area contributed by atoms with Crippen molar-refractivity contribution in [3.63, 3.8) is 0 Å². The molecular formula is C24H22N6O2S3. The highest BCUT2D eigenvalue weighted by molar-refractivity contribution is 7.99. The van der Waals surface area contributed by atoms with Crippen molar-refractivity contribution in [1.82, 2.24) is 24.6 Å². The van der Waals surface area contributed by atoms with Crippen molar-refractivity contribution in [2.75, 3.05) is 18.2 Å². The fraction of sp³-hybridized carbons (Fsp3) is 0.292. The van der Waals surface area contributed by atoms with Gasteiger partial charge >= 0.3 is 0 Å². The Labute approximate surface area is 213 Å². The molecule has 0 saturated carbocycles. The van der Waals surface area contributed by atoms with Crippen LogP contribution >= 0.6 is 34.4 Å². The van der Waals surface area contributed by atoms with E-state index < -0.39 is 0 Å². The van der Waals surface area contributed by atoms with Gasteiger partial charge in [-0.3, -0.25) is 9.20 Å². The number of hydrogen-bond acceptors (Lipinski definition) is 9. The van der Waals surface area contributed by atoms with Crippen LogP contribution in [0.1, 0.15) is 23.8 Å². The van der Waals surface area contributed by atoms with Crippen LogP contribution in [0.5, 0.6) is 5.75 Å². The Balaban J connectivity index is 1.15. The second-order valence-corrected chi connectivity index (χ2v) is 11.4. The largest absolute Gasteiger partial charge is 0.497 e. The number of aromatic nitrogens is 5. The number of amides is 1. The fourth-order valence-electron chi connectivity index (χ4n) is 4.33. The van der Waals surface area contributed by atoms with E-state index in [9.17, 15) is 4.79 Å². The van der Waals surface area contributed by atoms with Gasteiger partial charge in [0.25, 0.3) is 0 Å². The first-order valence-corrected chi connectivity index (χ1v) is 13.9. The van der Waals surface area contributed by atoms with Gasteiger partial charge in [-0.1, -0.05) is 18.7 Å². The highest BCUT2D eigenvalue weighted by Crippen LogP contribution is 2.39. The Morgan fingerprint density at radius 2 is 2.14 bits per heavy atom. The monoisotopic (exact) mass is 522 g/mol. The van der Waals surface area contributed by atoms with E-state index in [1.54, 1.807) is 24.8 Å². The van der Waals surface area contributed by atoms with Gasteiger partial charge in [-0.15, -0.1) is 32.9 Å². The van der Waals surface area contributed by atoms with Gasteiger partial charge in [0.1, 0.15) is 16.9 Å². The quantitative estimate of drug-likeness (QED) is 0.301. The zero-order chi connectivity index (χ0) is 23.9. The minimum atomic E-state index is -0.140. The van der Waals surface area contributed by atoms with Crippen LogP contribution in [0.15, 0.2) is 41.1 Å². The number of rotatable bonds is 6. The molecule has 35 heavy (non-hydrogen) atoms. The number of hydrogen-bond donors (Lipinski definition) is 1. The minimum Gasteiger partial charge on any atom is -0.497 e. The first-order chi connectivity index (χ1) is 17.1. The van der Waals surface area contributed by atoms with Crippen molar-refractivity contribution in [2.45, 2.75) is 31.3 Å². The Morgan fingerprint density at radius 1 is 1.29 bits per heavy atom. The second-order valence-electron chi connectivity index (χ2n) is 8.56. The van der Waals surface area contributed by atoms with Crippen LogP contribution in [0.2, 0.25) is 0 Å². The van der Waals surface area contributed by atoms with Gasteiger partial charge in [0.2, 0.25) is 5.91 Å². The van der Waals surface area contributed by atoms with Gasteiger partial charge in [0.15, 0.2) is 15.9 Å². The molecule has 4 heterocycles. The molecule has 1 aliphatic carbocycles. The van der Waals surface area contributed by atoms with E-state index in [1.807, 2.05) is 34.0 Å². The van der Waals surface area contributed by atoms with Gasteiger partial charge < -0.3 is 10.1 Å². The molecule has 0 saturated heterocycles. The molecular weight excluding hydrogens is 501 g/mol. The molecule has 1 aromatic carbocycles. The summed E-state index contributed by atoms with van der Waals surface area (Å²) in [5.41, 5.74) is 3.98. The van der Waals surface area contributed by atoms with Crippen LogP contribution in [0, 0.1) is 5.92 Å². The lowest BCUT2D eigenvalue weighted by Crippen LogP contribution is -2.14. The van der Waals surface area contributed by atoms with Crippen molar-refractivity contribution >= 4 is 61.3 Å². The molecule has 5 aromatic rings. The lowest BCUT2D eigenvalue weighted by Gasteiger charge is -2.17. The van der Waals surface area contributed by atoms with Gasteiger partial charge in [0.05, 0.1) is 23.9 Å². The maximum Gasteiger partial charge on any atom is 0.236 e. The van der Waals surface area contributed by atoms with Crippen LogP contribution < -0.4 is 10.1 Å². The van der Waals surface area contributed by atoms with Gasteiger partial charge in [-0.05, 0) is 55.0 Å². The van der Waals surface area contributed by atoms with E-state index in [1.165, 1.54) is 40.0 Å². The van der Waals surface area contributed by atoms with Crippen molar-refractivity contribution in [1.29, 1.82) is 0 Å². The highest BCUT2D eigenvalue weighted by atomic mass is 32.2. The molecule has 1 N–H and O–H groups in total. The number of thiophene rings is 1. The first kappa shape index (κ1) is 22.4. The summed E-state index contributed by atoms with van der Waals surface area (Å²) < 4.78 is 7.10. The molecule has 1 unspecified atom stereocenters. The van der Waals surface area contributed by atoms with Gasteiger partial charge in [-0.2, -0.15) is 0 Å². The number of thioether (sulfide) groups is 1. The number of aryl methyl sites for hydroxylation is 1. The third-order valence-corrected chi connectivity index (χ3v) is 9.00. The Bertz CT molecular complexity index is 1540. The number of carbonyl (C=O) groups excluding carboxylic acids is 1. The van der Waals surface area contributed by atoms with Crippen molar-refractivity contribution in [3.8, 4) is 17.0 Å². The van der Waals surface area contributed by atoms with Crippen molar-refractivity contribution < 1.29 is 9.53 Å². The fourth-order valence-corrected chi connectivity index (χ4v) is 7.11. The van der Waals surface area contributed by atoms with Crippen LogP contribution in [-0.4, -0.2) is 43.3 Å². The number of benzene rings is 1. The van der Waals surface area contributed by atoms with Crippen LogP contribution in [0.3, 0.4) is 0 Å². The lowest BCUT2D eigenvalue weighted by molar-refractivity contribution is -0.113. The summed E-state index contributed by atoms with van der Waals surface area (Å²) in [6.45, 7) is 2.30. The predicted octanol–water partition coefficient (Wildman–Crippen LogP) is 5.33. The zero-order valence-electron chi connectivity index (χ0n) is 19.1. The van der Waals surface area contributed by atoms with Gasteiger partial charge in [0, 0.05) is 15.8 Å². The van der Waals surface area contributed by atoms with E-state index in [0.29, 0.717) is 16.2 Å². The number of fused-ring (bicyclic) bond motifs is 5. The summed E-state index contributed by atoms with van der Waals surface area (Å²) in [6.07, 6.45) is 5.12. The first-order valence-electron chi connectivity index (χ1n) is 11.3. The summed E-state index contributed by atoms with van der Waals surface area (Å²) >= 11 is 4.52. The number of methoxy groups -OCH3 is 1. The zero-order valence-corrected chi connectivity index (χ0v) is 21.6. The average Bonchev–Trinajstić information content (AvgIpc) is 3.59. The molecule has 1 amide bonds. The maximum absolute atomic E-state index is 12.6. The number of thiazole rings is 1. The Hall–Kier alpha value is -3.02. The molecule has 0 spiro atoms. The van der Waals surface area contributed by atoms with E-state index in [0.717, 1.165) is 45.7 Å². The summed E-state index contributed by atoms with van der Waals surface area (Å²) in [4.78, 5) is 24.3. The third-order valence-electron chi connectivity index (χ3n) is 6.14. The standard InChI is InChI=1S/C24H22N6O2S3/c1-13-3-8-16-18(9-13)35-22-20(16)21-28-29-24(30(21)12-25-22)34-11-19(31)27-23-26-17(10-33-23)14-4-6-15(32-2)7-5-14/h4-7,10,12-13H,3,8-9,11H2,1-2H3,(H,26,27,31). The normalized spacial score (nSPS) is 15.4. The molecule has 11 heteroatoms. The summed E-state index contributed by atoms with van der Waals surface area (Å²) in [5, 5.41) is 16.0. The number of anilines is 1. The van der Waals surface area contributed by atoms with E-state index in [2.05, 4.69) is 32.4 Å². The lowest BCUT2D eigenvalue weighted by atomic mass is 9.89. The molecule has 1 aliphatic rings. The number of nitrogens with one attached hydrogen (secondary N) is 1. The number of carbonyl (C=O) groups is 1. The van der Waals surface area contributed by atoms with Crippen molar-refractivity contribution in [3.05, 3.63) is 46.4 Å². The van der Waals surface area contributed by atoms with E-state index in [4.69, 9.17) is 4.74 Å². The van der Waals surface area contributed by atoms with Crippen molar-refractivity contribution in [2.24, 2.45) is 5.92 Å². The molecule has 4 aromatic heterocycles. The SMILES string of the molecule is COc1ccc(-c2csc(NC(=O)CSc3nnc4c5c6c(sc5ncn34)CC(C)CC6)n2)cc1. The smallest absolute Gasteiger partial charge is 0.236 e. The molecule has 0 bridgehead atoms. The Morgan fingerprint density at radius 3 is 2.97 bits per heavy atom. The number of ether oxygens (including phenoxy) is 1. The van der Waals surface area contributed by atoms with Crippen LogP contribution in [-0.2, 0) is 17.6 Å². The van der Waals surface area contributed by atoms with Crippen LogP contribution in [0.4, 0.5) is 5.13 Å². The molecule has 0 fully saturated rings. The number of nitrogens with zero attached hydrogens (tertiary/aromatic N) is 5. The molecule has 0 aliphatic heterocycles. The molecule has 0 radical (unpaired) electrons. The van der Waals surface area contributed by atoms with Crippen LogP contribution in [0.25, 0.3) is 27.1 Å². The third kappa shape index (κ3) is 4.28. The topological polar surface area (TPSA) is 94.3 Å². The summed E-state index contributed by atoms with van der Waals surface area (Å²) in [6, 6.07) is 7.67. The highest BCUT2D eigenvalue weighted by Gasteiger charge is 2.24. The molecule has 8 nitrogen and oxygen atoms in total. The summed E-state index contributed by atoms with van der Waals surface area (Å²) in [5.74, 6) is 1.56. The second kappa shape index (κ2) is 9.21. The summed E-state index contributed by atoms with van der Waals surface area (Å²) in [7, 11) is 1.64. The predicted molar refractivity (Wildman–Crippen MR) is 141 cm³/mol. The molecule has 178 valence electrons.